The van der Waals surface area contributed by atoms with Gasteiger partial charge in [-0.15, -0.1) is 0 Å². The maximum absolute atomic E-state index is 12.5. The van der Waals surface area contributed by atoms with Crippen molar-refractivity contribution < 1.29 is 9.59 Å². The molecule has 130 valence electrons. The number of piperidine rings is 1. The molecule has 1 aromatic rings. The normalized spacial score (nSPS) is 21.8. The zero-order valence-corrected chi connectivity index (χ0v) is 14.3. The first kappa shape index (κ1) is 16.7. The fourth-order valence-electron chi connectivity index (χ4n) is 3.62. The van der Waals surface area contributed by atoms with Crippen LogP contribution in [0.1, 0.15) is 32.6 Å². The molecule has 2 aliphatic rings. The van der Waals surface area contributed by atoms with Gasteiger partial charge >= 0.3 is 0 Å². The molecule has 0 aromatic carbocycles. The Balaban J connectivity index is 1.43. The number of pyridine rings is 1. The van der Waals surface area contributed by atoms with E-state index in [2.05, 4.69) is 10.3 Å². The van der Waals surface area contributed by atoms with Crippen molar-refractivity contribution in [1.82, 2.24) is 14.8 Å². The molecule has 2 amide bonds. The molecule has 3 heterocycles. The lowest BCUT2D eigenvalue weighted by Gasteiger charge is -2.31. The molecule has 3 rings (SSSR count). The van der Waals surface area contributed by atoms with E-state index in [1.54, 1.807) is 13.1 Å². The van der Waals surface area contributed by atoms with Crippen LogP contribution in [0.25, 0.3) is 0 Å². The van der Waals surface area contributed by atoms with Gasteiger partial charge in [0.1, 0.15) is 0 Å². The second-order valence-corrected chi connectivity index (χ2v) is 6.86. The molecule has 6 nitrogen and oxygen atoms in total. The maximum atomic E-state index is 12.5. The first-order valence-corrected chi connectivity index (χ1v) is 8.81. The second kappa shape index (κ2) is 7.64. The molecular weight excluding hydrogens is 304 g/mol. The minimum absolute atomic E-state index is 0.142. The van der Waals surface area contributed by atoms with Crippen molar-refractivity contribution in [3.05, 3.63) is 24.5 Å². The van der Waals surface area contributed by atoms with Crippen molar-refractivity contribution in [3.63, 3.8) is 0 Å². The Bertz CT molecular complexity index is 570. The van der Waals surface area contributed by atoms with Crippen molar-refractivity contribution in [2.24, 2.45) is 5.92 Å². The van der Waals surface area contributed by atoms with Gasteiger partial charge in [-0.1, -0.05) is 0 Å². The number of hydrogen-bond donors (Lipinski definition) is 1. The highest BCUT2D eigenvalue weighted by Crippen LogP contribution is 2.23. The molecule has 0 bridgehead atoms. The van der Waals surface area contributed by atoms with Crippen LogP contribution >= 0.6 is 0 Å². The third-order valence-corrected chi connectivity index (χ3v) is 5.10. The van der Waals surface area contributed by atoms with Gasteiger partial charge in [0.2, 0.25) is 11.8 Å². The summed E-state index contributed by atoms with van der Waals surface area (Å²) in [6, 6.07) is 4.21. The van der Waals surface area contributed by atoms with Crippen LogP contribution in [0.15, 0.2) is 24.5 Å². The van der Waals surface area contributed by atoms with Crippen molar-refractivity contribution in [3.8, 4) is 0 Å². The van der Waals surface area contributed by atoms with Crippen LogP contribution in [0, 0.1) is 5.92 Å². The first-order chi connectivity index (χ1) is 11.6. The quantitative estimate of drug-likeness (QED) is 0.913. The second-order valence-electron chi connectivity index (χ2n) is 6.86. The molecular formula is C18H26N4O2. The van der Waals surface area contributed by atoms with Crippen molar-refractivity contribution >= 4 is 17.5 Å². The Kier molecular flexibility index (Phi) is 5.33. The summed E-state index contributed by atoms with van der Waals surface area (Å²) < 4.78 is 0. The molecule has 0 saturated carbocycles. The molecule has 0 spiro atoms. The molecule has 2 fully saturated rings. The summed E-state index contributed by atoms with van der Waals surface area (Å²) in [5.74, 6) is 0.814. The fourth-order valence-corrected chi connectivity index (χ4v) is 3.62. The van der Waals surface area contributed by atoms with E-state index in [4.69, 9.17) is 0 Å². The van der Waals surface area contributed by atoms with Gasteiger partial charge in [-0.3, -0.25) is 14.6 Å². The lowest BCUT2D eigenvalue weighted by Crippen LogP contribution is -2.39. The van der Waals surface area contributed by atoms with E-state index in [0.29, 0.717) is 18.4 Å². The van der Waals surface area contributed by atoms with Gasteiger partial charge in [0.25, 0.3) is 0 Å². The molecule has 2 saturated heterocycles. The van der Waals surface area contributed by atoms with Crippen LogP contribution in [-0.4, -0.2) is 58.8 Å². The van der Waals surface area contributed by atoms with Crippen LogP contribution in [0.4, 0.5) is 5.69 Å². The number of nitrogens with zero attached hydrogens (tertiary/aromatic N) is 3. The molecule has 0 radical (unpaired) electrons. The third kappa shape index (κ3) is 4.24. The fraction of sp³-hybridized carbons (Fsp3) is 0.611. The molecule has 1 aromatic heterocycles. The highest BCUT2D eigenvalue weighted by atomic mass is 16.2. The van der Waals surface area contributed by atoms with Gasteiger partial charge in [-0.2, -0.15) is 0 Å². The Morgan fingerprint density at radius 3 is 2.62 bits per heavy atom. The van der Waals surface area contributed by atoms with Gasteiger partial charge in [-0.25, -0.2) is 0 Å². The molecule has 24 heavy (non-hydrogen) atoms. The number of aromatic nitrogens is 1. The summed E-state index contributed by atoms with van der Waals surface area (Å²) >= 11 is 0. The van der Waals surface area contributed by atoms with E-state index in [-0.39, 0.29) is 11.8 Å². The minimum atomic E-state index is 0.142. The van der Waals surface area contributed by atoms with Crippen LogP contribution < -0.4 is 5.32 Å². The Hall–Kier alpha value is -2.11. The highest BCUT2D eigenvalue weighted by Gasteiger charge is 2.29. The van der Waals surface area contributed by atoms with Gasteiger partial charge in [0.15, 0.2) is 0 Å². The molecule has 1 atom stereocenters. The predicted molar refractivity (Wildman–Crippen MR) is 92.4 cm³/mol. The van der Waals surface area contributed by atoms with E-state index >= 15 is 0 Å². The van der Waals surface area contributed by atoms with E-state index < -0.39 is 0 Å². The monoisotopic (exact) mass is 330 g/mol. The van der Waals surface area contributed by atoms with E-state index in [9.17, 15) is 9.59 Å². The number of anilines is 1. The maximum Gasteiger partial charge on any atom is 0.222 e. The van der Waals surface area contributed by atoms with Crippen molar-refractivity contribution in [2.45, 2.75) is 38.6 Å². The largest absolute Gasteiger partial charge is 0.379 e. The number of hydrogen-bond acceptors (Lipinski definition) is 4. The topological polar surface area (TPSA) is 65.5 Å². The number of rotatable bonds is 4. The summed E-state index contributed by atoms with van der Waals surface area (Å²) in [4.78, 5) is 31.9. The van der Waals surface area contributed by atoms with Crippen molar-refractivity contribution in [2.75, 3.05) is 31.5 Å². The van der Waals surface area contributed by atoms with Gasteiger partial charge in [0.05, 0.1) is 5.69 Å². The minimum Gasteiger partial charge on any atom is -0.379 e. The van der Waals surface area contributed by atoms with Gasteiger partial charge in [-0.05, 0) is 37.3 Å². The van der Waals surface area contributed by atoms with Crippen molar-refractivity contribution in [1.29, 1.82) is 0 Å². The lowest BCUT2D eigenvalue weighted by atomic mass is 9.93. The number of carbonyl (C=O) groups excluding carboxylic acids is 2. The molecule has 0 aliphatic carbocycles. The third-order valence-electron chi connectivity index (χ3n) is 5.10. The zero-order chi connectivity index (χ0) is 16.9. The van der Waals surface area contributed by atoms with Crippen LogP contribution in [0.2, 0.25) is 0 Å². The smallest absolute Gasteiger partial charge is 0.222 e. The van der Waals surface area contributed by atoms with Crippen LogP contribution in [-0.2, 0) is 9.59 Å². The highest BCUT2D eigenvalue weighted by molar-refractivity contribution is 5.77. The Morgan fingerprint density at radius 1 is 1.21 bits per heavy atom. The molecule has 6 heteroatoms. The predicted octanol–water partition coefficient (Wildman–Crippen LogP) is 1.74. The average molecular weight is 330 g/mol. The lowest BCUT2D eigenvalue weighted by molar-refractivity contribution is -0.132. The Morgan fingerprint density at radius 2 is 1.96 bits per heavy atom. The number of nitrogens with one attached hydrogen (secondary N) is 1. The van der Waals surface area contributed by atoms with Crippen LogP contribution in [0.5, 0.6) is 0 Å². The molecule has 2 aliphatic heterocycles. The van der Waals surface area contributed by atoms with Gasteiger partial charge in [0, 0.05) is 58.0 Å². The van der Waals surface area contributed by atoms with E-state index in [1.807, 2.05) is 28.1 Å². The zero-order valence-electron chi connectivity index (χ0n) is 14.3. The summed E-state index contributed by atoms with van der Waals surface area (Å²) in [5, 5.41) is 3.45. The summed E-state index contributed by atoms with van der Waals surface area (Å²) in [7, 11) is 0. The van der Waals surface area contributed by atoms with E-state index in [0.717, 1.165) is 51.1 Å². The number of carbonyl (C=O) groups is 2. The SMILES string of the molecule is CC(=O)N1CCC(CC(=O)N2CCC(Nc3cccnc3)C2)CC1. The molecule has 1 unspecified atom stereocenters. The Labute approximate surface area is 143 Å². The summed E-state index contributed by atoms with van der Waals surface area (Å²) in [6.07, 6.45) is 7.04. The molecule has 1 N–H and O–H groups in total. The summed E-state index contributed by atoms with van der Waals surface area (Å²) in [5.41, 5.74) is 1.01. The standard InChI is InChI=1S/C18H26N4O2/c1-14(23)21-8-4-15(5-9-21)11-18(24)22-10-6-17(13-22)20-16-3-2-7-19-12-16/h2-3,7,12,15,17,20H,4-6,8-11,13H2,1H3. The van der Waals surface area contributed by atoms with E-state index in [1.165, 1.54) is 0 Å². The summed E-state index contributed by atoms with van der Waals surface area (Å²) in [6.45, 7) is 4.78. The average Bonchev–Trinajstić information content (AvgIpc) is 3.05. The first-order valence-electron chi connectivity index (χ1n) is 8.81. The number of amides is 2. The number of likely N-dealkylation sites (tertiary alicyclic amines) is 2. The van der Waals surface area contributed by atoms with Crippen LogP contribution in [0.3, 0.4) is 0 Å². The van der Waals surface area contributed by atoms with Gasteiger partial charge < -0.3 is 15.1 Å².